The average Bonchev–Trinajstić information content (AvgIpc) is 2.35. The number of hydrogen-bond acceptors (Lipinski definition) is 3. The van der Waals surface area contributed by atoms with Crippen LogP contribution in [0.3, 0.4) is 0 Å². The van der Waals surface area contributed by atoms with Gasteiger partial charge in [-0.2, -0.15) is 0 Å². The van der Waals surface area contributed by atoms with E-state index in [1.807, 2.05) is 26.4 Å². The second-order valence-corrected chi connectivity index (χ2v) is 5.40. The van der Waals surface area contributed by atoms with E-state index in [2.05, 4.69) is 22.2 Å². The third-order valence-corrected chi connectivity index (χ3v) is 3.92. The summed E-state index contributed by atoms with van der Waals surface area (Å²) in [6.07, 6.45) is 9.10. The fourth-order valence-electron chi connectivity index (χ4n) is 2.76. The standard InChI is InChI=1S/C14H23N3/c1-10-4-6-12(7-5-10)13(15-3)14-16-8-11(2)9-17-14/h8-10,12-13,15H,4-7H2,1-3H3. The molecule has 1 unspecified atom stereocenters. The van der Waals surface area contributed by atoms with Gasteiger partial charge < -0.3 is 5.32 Å². The van der Waals surface area contributed by atoms with Gasteiger partial charge in [0.2, 0.25) is 0 Å². The summed E-state index contributed by atoms with van der Waals surface area (Å²) in [5.74, 6) is 2.54. The lowest BCUT2D eigenvalue weighted by Crippen LogP contribution is -2.29. The summed E-state index contributed by atoms with van der Waals surface area (Å²) in [5.41, 5.74) is 1.13. The lowest BCUT2D eigenvalue weighted by Gasteiger charge is -2.31. The molecule has 1 atom stereocenters. The number of rotatable bonds is 3. The molecule has 0 radical (unpaired) electrons. The van der Waals surface area contributed by atoms with E-state index in [4.69, 9.17) is 0 Å². The van der Waals surface area contributed by atoms with Gasteiger partial charge in [-0.3, -0.25) is 0 Å². The Morgan fingerprint density at radius 1 is 1.18 bits per heavy atom. The largest absolute Gasteiger partial charge is 0.310 e. The van der Waals surface area contributed by atoms with Crippen molar-refractivity contribution in [2.45, 2.75) is 45.6 Å². The molecule has 0 bridgehead atoms. The van der Waals surface area contributed by atoms with Crippen LogP contribution in [0.5, 0.6) is 0 Å². The summed E-state index contributed by atoms with van der Waals surface area (Å²) in [6, 6.07) is 0.322. The molecule has 1 fully saturated rings. The molecule has 1 aliphatic carbocycles. The minimum atomic E-state index is 0.322. The smallest absolute Gasteiger partial charge is 0.145 e. The first-order valence-corrected chi connectivity index (χ1v) is 6.66. The Labute approximate surface area is 104 Å². The number of nitrogens with one attached hydrogen (secondary N) is 1. The van der Waals surface area contributed by atoms with Gasteiger partial charge in [-0.1, -0.05) is 19.8 Å². The minimum Gasteiger partial charge on any atom is -0.310 e. The number of nitrogens with zero attached hydrogens (tertiary/aromatic N) is 2. The highest BCUT2D eigenvalue weighted by atomic mass is 15.0. The molecule has 1 aromatic rings. The molecular weight excluding hydrogens is 210 g/mol. The summed E-state index contributed by atoms with van der Waals surface area (Å²) in [4.78, 5) is 8.94. The zero-order valence-electron chi connectivity index (χ0n) is 11.1. The minimum absolute atomic E-state index is 0.322. The van der Waals surface area contributed by atoms with E-state index in [1.165, 1.54) is 25.7 Å². The first-order chi connectivity index (χ1) is 8.20. The van der Waals surface area contributed by atoms with E-state index < -0.39 is 0 Å². The normalized spacial score (nSPS) is 26.8. The SMILES string of the molecule is CNC(c1ncc(C)cn1)C1CCC(C)CC1. The molecular formula is C14H23N3. The van der Waals surface area contributed by atoms with Crippen LogP contribution < -0.4 is 5.32 Å². The molecule has 0 amide bonds. The topological polar surface area (TPSA) is 37.8 Å². The van der Waals surface area contributed by atoms with Crippen LogP contribution in [0.2, 0.25) is 0 Å². The molecule has 0 saturated heterocycles. The van der Waals surface area contributed by atoms with Crippen LogP contribution in [-0.4, -0.2) is 17.0 Å². The van der Waals surface area contributed by atoms with Crippen molar-refractivity contribution in [1.82, 2.24) is 15.3 Å². The van der Waals surface area contributed by atoms with Gasteiger partial charge in [0.15, 0.2) is 0 Å². The summed E-state index contributed by atoms with van der Waals surface area (Å²) in [6.45, 7) is 4.38. The second kappa shape index (κ2) is 5.58. The monoisotopic (exact) mass is 233 g/mol. The predicted octanol–water partition coefficient (Wildman–Crippen LogP) is 2.87. The first kappa shape index (κ1) is 12.5. The molecule has 1 saturated carbocycles. The average molecular weight is 233 g/mol. The Morgan fingerprint density at radius 3 is 2.29 bits per heavy atom. The van der Waals surface area contributed by atoms with Gasteiger partial charge in [-0.15, -0.1) is 0 Å². The van der Waals surface area contributed by atoms with E-state index in [1.54, 1.807) is 0 Å². The Bertz CT molecular complexity index is 339. The van der Waals surface area contributed by atoms with Crippen LogP contribution in [0.25, 0.3) is 0 Å². The third kappa shape index (κ3) is 3.03. The van der Waals surface area contributed by atoms with Crippen molar-refractivity contribution in [3.05, 3.63) is 23.8 Å². The molecule has 1 aliphatic rings. The molecule has 3 nitrogen and oxygen atoms in total. The van der Waals surface area contributed by atoms with Crippen LogP contribution in [0.4, 0.5) is 0 Å². The summed E-state index contributed by atoms with van der Waals surface area (Å²) in [5, 5.41) is 3.40. The first-order valence-electron chi connectivity index (χ1n) is 6.66. The highest BCUT2D eigenvalue weighted by Crippen LogP contribution is 2.35. The third-order valence-electron chi connectivity index (χ3n) is 3.92. The maximum Gasteiger partial charge on any atom is 0.145 e. The fraction of sp³-hybridized carbons (Fsp3) is 0.714. The highest BCUT2D eigenvalue weighted by molar-refractivity contribution is 5.05. The van der Waals surface area contributed by atoms with Crippen LogP contribution in [-0.2, 0) is 0 Å². The van der Waals surface area contributed by atoms with Gasteiger partial charge in [0.1, 0.15) is 5.82 Å². The maximum absolute atomic E-state index is 4.47. The summed E-state index contributed by atoms with van der Waals surface area (Å²) < 4.78 is 0. The fourth-order valence-corrected chi connectivity index (χ4v) is 2.76. The molecule has 0 spiro atoms. The van der Waals surface area contributed by atoms with Gasteiger partial charge in [-0.25, -0.2) is 9.97 Å². The van der Waals surface area contributed by atoms with Crippen molar-refractivity contribution in [3.63, 3.8) is 0 Å². The zero-order valence-corrected chi connectivity index (χ0v) is 11.1. The summed E-state index contributed by atoms with van der Waals surface area (Å²) in [7, 11) is 2.02. The van der Waals surface area contributed by atoms with Crippen LogP contribution >= 0.6 is 0 Å². The maximum atomic E-state index is 4.47. The van der Waals surface area contributed by atoms with Gasteiger partial charge in [-0.05, 0) is 44.2 Å². The van der Waals surface area contributed by atoms with E-state index in [0.717, 1.165) is 17.3 Å². The van der Waals surface area contributed by atoms with Crippen LogP contribution in [0.1, 0.15) is 50.0 Å². The molecule has 0 aromatic carbocycles. The van der Waals surface area contributed by atoms with Crippen molar-refractivity contribution in [2.24, 2.45) is 11.8 Å². The predicted molar refractivity (Wildman–Crippen MR) is 69.7 cm³/mol. The second-order valence-electron chi connectivity index (χ2n) is 5.40. The van der Waals surface area contributed by atoms with Gasteiger partial charge in [0, 0.05) is 12.4 Å². The van der Waals surface area contributed by atoms with E-state index in [0.29, 0.717) is 12.0 Å². The van der Waals surface area contributed by atoms with Crippen molar-refractivity contribution in [1.29, 1.82) is 0 Å². The number of hydrogen-bond donors (Lipinski definition) is 1. The lowest BCUT2D eigenvalue weighted by molar-refractivity contribution is 0.232. The molecule has 0 aliphatic heterocycles. The molecule has 17 heavy (non-hydrogen) atoms. The van der Waals surface area contributed by atoms with Gasteiger partial charge >= 0.3 is 0 Å². The van der Waals surface area contributed by atoms with Crippen LogP contribution in [0.15, 0.2) is 12.4 Å². The highest BCUT2D eigenvalue weighted by Gasteiger charge is 2.27. The van der Waals surface area contributed by atoms with Crippen molar-refractivity contribution in [2.75, 3.05) is 7.05 Å². The Balaban J connectivity index is 2.08. The molecule has 1 N–H and O–H groups in total. The van der Waals surface area contributed by atoms with E-state index in [-0.39, 0.29) is 0 Å². The van der Waals surface area contributed by atoms with Crippen molar-refractivity contribution in [3.8, 4) is 0 Å². The van der Waals surface area contributed by atoms with Crippen molar-refractivity contribution < 1.29 is 0 Å². The van der Waals surface area contributed by atoms with Gasteiger partial charge in [0.25, 0.3) is 0 Å². The summed E-state index contributed by atoms with van der Waals surface area (Å²) >= 11 is 0. The van der Waals surface area contributed by atoms with E-state index in [9.17, 15) is 0 Å². The lowest BCUT2D eigenvalue weighted by atomic mass is 9.79. The molecule has 3 heteroatoms. The quantitative estimate of drug-likeness (QED) is 0.872. The number of aromatic nitrogens is 2. The van der Waals surface area contributed by atoms with Gasteiger partial charge in [0.05, 0.1) is 6.04 Å². The Kier molecular flexibility index (Phi) is 4.11. The Hall–Kier alpha value is -0.960. The molecule has 2 rings (SSSR count). The molecule has 1 heterocycles. The van der Waals surface area contributed by atoms with Crippen LogP contribution in [0, 0.1) is 18.8 Å². The van der Waals surface area contributed by atoms with Crippen molar-refractivity contribution >= 4 is 0 Å². The molecule has 94 valence electrons. The Morgan fingerprint density at radius 2 is 1.76 bits per heavy atom. The molecule has 1 aromatic heterocycles. The zero-order chi connectivity index (χ0) is 12.3. The van der Waals surface area contributed by atoms with E-state index >= 15 is 0 Å². The number of aryl methyl sites for hydroxylation is 1.